The average Bonchev–Trinajstić information content (AvgIpc) is 2.11. The molecule has 0 rings (SSSR count). The molecule has 0 aliphatic rings. The van der Waals surface area contributed by atoms with Gasteiger partial charge in [0.2, 0.25) is 0 Å². The van der Waals surface area contributed by atoms with E-state index in [-0.39, 0.29) is 6.03 Å². The van der Waals surface area contributed by atoms with Gasteiger partial charge in [-0.25, -0.2) is 9.59 Å². The lowest BCUT2D eigenvalue weighted by Gasteiger charge is -2.22. The number of amides is 2. The lowest BCUT2D eigenvalue weighted by atomic mass is 10.2. The van der Waals surface area contributed by atoms with E-state index in [2.05, 4.69) is 10.6 Å². The minimum Gasteiger partial charge on any atom is -0.458 e. The fraction of sp³-hybridized carbons (Fsp3) is 0.818. The first-order valence-electron chi connectivity index (χ1n) is 5.53. The molecule has 2 amide bonds. The summed E-state index contributed by atoms with van der Waals surface area (Å²) in [4.78, 5) is 22.8. The fourth-order valence-corrected chi connectivity index (χ4v) is 0.935. The first kappa shape index (κ1) is 14.7. The van der Waals surface area contributed by atoms with Crippen molar-refractivity contribution >= 4 is 12.0 Å². The zero-order valence-corrected chi connectivity index (χ0v) is 10.7. The normalized spacial score (nSPS) is 12.8. The van der Waals surface area contributed by atoms with Gasteiger partial charge in [0.15, 0.2) is 0 Å². The number of ether oxygens (including phenoxy) is 1. The number of hydrogen-bond donors (Lipinski definition) is 2. The van der Waals surface area contributed by atoms with Crippen LogP contribution in [0.3, 0.4) is 0 Å². The minimum atomic E-state index is -0.643. The van der Waals surface area contributed by atoms with Crippen molar-refractivity contribution < 1.29 is 14.3 Å². The van der Waals surface area contributed by atoms with Gasteiger partial charge in [-0.2, -0.15) is 0 Å². The SMILES string of the molecule is CCCNC(=O)N[C@@H](C)C(=O)OC(C)(C)C. The van der Waals surface area contributed by atoms with Crippen LogP contribution >= 0.6 is 0 Å². The molecular formula is C11H22N2O3. The van der Waals surface area contributed by atoms with Gasteiger partial charge in [-0.1, -0.05) is 6.92 Å². The molecule has 0 aromatic rings. The molecule has 16 heavy (non-hydrogen) atoms. The predicted molar refractivity (Wildman–Crippen MR) is 62.1 cm³/mol. The van der Waals surface area contributed by atoms with Crippen LogP contribution in [0.5, 0.6) is 0 Å². The van der Waals surface area contributed by atoms with E-state index in [9.17, 15) is 9.59 Å². The second kappa shape index (κ2) is 6.35. The largest absolute Gasteiger partial charge is 0.458 e. The molecule has 0 spiro atoms. The molecular weight excluding hydrogens is 208 g/mol. The van der Waals surface area contributed by atoms with Gasteiger partial charge < -0.3 is 15.4 Å². The summed E-state index contributed by atoms with van der Waals surface area (Å²) in [6, 6.07) is -0.990. The summed E-state index contributed by atoms with van der Waals surface area (Å²) in [5, 5.41) is 5.14. The van der Waals surface area contributed by atoms with Crippen molar-refractivity contribution in [2.75, 3.05) is 6.54 Å². The van der Waals surface area contributed by atoms with Gasteiger partial charge in [-0.15, -0.1) is 0 Å². The molecule has 1 atom stereocenters. The van der Waals surface area contributed by atoms with E-state index < -0.39 is 17.6 Å². The standard InChI is InChI=1S/C11H22N2O3/c1-6-7-12-10(15)13-8(2)9(14)16-11(3,4)5/h8H,6-7H2,1-5H3,(H2,12,13,15)/t8-/m0/s1. The van der Waals surface area contributed by atoms with Crippen molar-refractivity contribution in [3.63, 3.8) is 0 Å². The topological polar surface area (TPSA) is 67.4 Å². The van der Waals surface area contributed by atoms with Crippen LogP contribution in [0.25, 0.3) is 0 Å². The Bertz CT molecular complexity index is 246. The van der Waals surface area contributed by atoms with Crippen molar-refractivity contribution in [2.24, 2.45) is 0 Å². The van der Waals surface area contributed by atoms with Crippen molar-refractivity contribution in [3.05, 3.63) is 0 Å². The third kappa shape index (κ3) is 7.09. The molecule has 0 fully saturated rings. The summed E-state index contributed by atoms with van der Waals surface area (Å²) >= 11 is 0. The average molecular weight is 230 g/mol. The van der Waals surface area contributed by atoms with Gasteiger partial charge in [0.25, 0.3) is 0 Å². The second-order valence-electron chi connectivity index (χ2n) is 4.66. The Hall–Kier alpha value is -1.26. The Kier molecular flexibility index (Phi) is 5.85. The van der Waals surface area contributed by atoms with E-state index in [0.717, 1.165) is 6.42 Å². The molecule has 0 saturated heterocycles. The van der Waals surface area contributed by atoms with Gasteiger partial charge in [-0.3, -0.25) is 0 Å². The van der Waals surface area contributed by atoms with E-state index in [4.69, 9.17) is 4.74 Å². The minimum absolute atomic E-state index is 0.347. The maximum absolute atomic E-state index is 11.5. The van der Waals surface area contributed by atoms with Crippen LogP contribution in [0.4, 0.5) is 4.79 Å². The van der Waals surface area contributed by atoms with Gasteiger partial charge in [-0.05, 0) is 34.1 Å². The van der Waals surface area contributed by atoms with Crippen LogP contribution < -0.4 is 10.6 Å². The van der Waals surface area contributed by atoms with Crippen molar-refractivity contribution in [2.45, 2.75) is 52.7 Å². The first-order chi connectivity index (χ1) is 7.26. The highest BCUT2D eigenvalue weighted by atomic mass is 16.6. The third-order valence-corrected chi connectivity index (χ3v) is 1.64. The molecule has 0 aromatic carbocycles. The Morgan fingerprint density at radius 2 is 1.88 bits per heavy atom. The summed E-state index contributed by atoms with van der Waals surface area (Å²) < 4.78 is 5.12. The maximum atomic E-state index is 11.5. The summed E-state index contributed by atoms with van der Waals surface area (Å²) in [5.74, 6) is -0.431. The van der Waals surface area contributed by atoms with Gasteiger partial charge in [0.1, 0.15) is 11.6 Å². The zero-order valence-electron chi connectivity index (χ0n) is 10.7. The van der Waals surface area contributed by atoms with Crippen molar-refractivity contribution in [1.29, 1.82) is 0 Å². The zero-order chi connectivity index (χ0) is 12.8. The lowest BCUT2D eigenvalue weighted by Crippen LogP contribution is -2.46. The number of carbonyl (C=O) groups excluding carboxylic acids is 2. The Morgan fingerprint density at radius 1 is 1.31 bits per heavy atom. The molecule has 5 heteroatoms. The maximum Gasteiger partial charge on any atom is 0.328 e. The van der Waals surface area contributed by atoms with Gasteiger partial charge >= 0.3 is 12.0 Å². The van der Waals surface area contributed by atoms with Crippen LogP contribution in [0.15, 0.2) is 0 Å². The van der Waals surface area contributed by atoms with Gasteiger partial charge in [0, 0.05) is 6.54 Å². The van der Waals surface area contributed by atoms with Crippen LogP contribution in [-0.4, -0.2) is 30.2 Å². The molecule has 0 unspecified atom stereocenters. The highest BCUT2D eigenvalue weighted by molar-refractivity contribution is 5.83. The molecule has 0 aromatic heterocycles. The number of carbonyl (C=O) groups is 2. The third-order valence-electron chi connectivity index (χ3n) is 1.64. The number of hydrogen-bond acceptors (Lipinski definition) is 3. The smallest absolute Gasteiger partial charge is 0.328 e. The summed E-state index contributed by atoms with van der Waals surface area (Å²) in [6.07, 6.45) is 0.855. The number of esters is 1. The van der Waals surface area contributed by atoms with E-state index in [1.807, 2.05) is 6.92 Å². The molecule has 5 nitrogen and oxygen atoms in total. The number of nitrogens with one attached hydrogen (secondary N) is 2. The van der Waals surface area contributed by atoms with E-state index in [1.54, 1.807) is 27.7 Å². The molecule has 0 saturated carbocycles. The van der Waals surface area contributed by atoms with Gasteiger partial charge in [0.05, 0.1) is 0 Å². The molecule has 0 aliphatic heterocycles. The number of rotatable bonds is 4. The highest BCUT2D eigenvalue weighted by Crippen LogP contribution is 2.08. The van der Waals surface area contributed by atoms with Crippen LogP contribution in [0.2, 0.25) is 0 Å². The first-order valence-corrected chi connectivity index (χ1v) is 5.53. The second-order valence-corrected chi connectivity index (χ2v) is 4.66. The van der Waals surface area contributed by atoms with E-state index >= 15 is 0 Å². The summed E-state index contributed by atoms with van der Waals surface area (Å²) in [5.41, 5.74) is -0.535. The molecule has 0 radical (unpaired) electrons. The van der Waals surface area contributed by atoms with Crippen molar-refractivity contribution in [1.82, 2.24) is 10.6 Å². The van der Waals surface area contributed by atoms with Crippen LogP contribution in [-0.2, 0) is 9.53 Å². The van der Waals surface area contributed by atoms with Crippen LogP contribution in [0, 0.1) is 0 Å². The predicted octanol–water partition coefficient (Wildman–Crippen LogP) is 1.43. The highest BCUT2D eigenvalue weighted by Gasteiger charge is 2.22. The molecule has 0 aliphatic carbocycles. The Morgan fingerprint density at radius 3 is 2.31 bits per heavy atom. The Balaban J connectivity index is 4.01. The molecule has 2 N–H and O–H groups in total. The molecule has 94 valence electrons. The Labute approximate surface area is 96.9 Å². The quantitative estimate of drug-likeness (QED) is 0.718. The monoisotopic (exact) mass is 230 g/mol. The van der Waals surface area contributed by atoms with E-state index in [0.29, 0.717) is 6.54 Å². The molecule has 0 bridgehead atoms. The fourth-order valence-electron chi connectivity index (χ4n) is 0.935. The molecule has 0 heterocycles. The summed E-state index contributed by atoms with van der Waals surface area (Å²) in [7, 11) is 0. The van der Waals surface area contributed by atoms with Crippen molar-refractivity contribution in [3.8, 4) is 0 Å². The lowest BCUT2D eigenvalue weighted by molar-refractivity contribution is -0.156. The number of urea groups is 1. The van der Waals surface area contributed by atoms with Crippen LogP contribution in [0.1, 0.15) is 41.0 Å². The van der Waals surface area contributed by atoms with E-state index in [1.165, 1.54) is 0 Å². The summed E-state index contributed by atoms with van der Waals surface area (Å²) in [6.45, 7) is 9.50.